The van der Waals surface area contributed by atoms with Crippen molar-refractivity contribution in [1.82, 2.24) is 4.98 Å². The van der Waals surface area contributed by atoms with Gasteiger partial charge in [0.05, 0.1) is 49.8 Å². The molecule has 1 saturated heterocycles. The normalized spacial score (nSPS) is 19.0. The van der Waals surface area contributed by atoms with Gasteiger partial charge in [0.25, 0.3) is 5.78 Å². The third-order valence-electron chi connectivity index (χ3n) is 7.48. The molecule has 0 radical (unpaired) electrons. The van der Waals surface area contributed by atoms with Gasteiger partial charge in [-0.2, -0.15) is 0 Å². The Morgan fingerprint density at radius 3 is 2.47 bits per heavy atom. The lowest BCUT2D eigenvalue weighted by Crippen LogP contribution is -2.29. The summed E-state index contributed by atoms with van der Waals surface area (Å²) in [5, 5.41) is 12.0. The highest BCUT2D eigenvalue weighted by molar-refractivity contribution is 7.22. The fourth-order valence-corrected chi connectivity index (χ4v) is 6.60. The first-order valence-electron chi connectivity index (χ1n) is 13.7. The Bertz CT molecular complexity index is 1770. The lowest BCUT2D eigenvalue weighted by atomic mass is 9.94. The van der Waals surface area contributed by atoms with Crippen LogP contribution in [0.25, 0.3) is 16.0 Å². The molecule has 1 aromatic heterocycles. The van der Waals surface area contributed by atoms with E-state index in [4.69, 9.17) is 28.7 Å². The second-order valence-electron chi connectivity index (χ2n) is 10.1. The molecule has 10 nitrogen and oxygen atoms in total. The molecule has 0 unspecified atom stereocenters. The number of aliphatic hydroxyl groups is 1. The standard InChI is InChI=1S/C32H30N2O8S/c1-6-41-20-8-9-21-25(15-20)43-32(33-21)34-27(19-13-23(38-3)30(40-5)24(14-19)39-4)26(29(36)31(34)37)28(35)17-7-10-22-18(12-17)11-16(2)42-22/h7-10,12-16,27,35H,6,11H2,1-5H3/b28-26+/t16-,27-/m0/s1. The SMILES string of the molecule is CCOc1ccc2nc(N3C(=O)C(=O)/C(=C(/O)c4ccc5c(c4)C[C@H](C)O5)[C@@H]3c3cc(OC)c(OC)c(OC)c3)sc2c1. The van der Waals surface area contributed by atoms with Crippen molar-refractivity contribution in [2.45, 2.75) is 32.4 Å². The van der Waals surface area contributed by atoms with Crippen LogP contribution in [0.2, 0.25) is 0 Å². The largest absolute Gasteiger partial charge is 0.507 e. The van der Waals surface area contributed by atoms with E-state index in [-0.39, 0.29) is 17.4 Å². The number of amides is 1. The van der Waals surface area contributed by atoms with Crippen molar-refractivity contribution in [3.63, 3.8) is 0 Å². The Hall–Kier alpha value is -4.77. The number of aromatic nitrogens is 1. The number of ether oxygens (including phenoxy) is 5. The van der Waals surface area contributed by atoms with Crippen LogP contribution in [0.4, 0.5) is 5.13 Å². The molecule has 2 aliphatic heterocycles. The van der Waals surface area contributed by atoms with Gasteiger partial charge >= 0.3 is 5.91 Å². The number of aliphatic hydroxyl groups excluding tert-OH is 1. The number of anilines is 1. The first-order valence-corrected chi connectivity index (χ1v) is 14.5. The van der Waals surface area contributed by atoms with Gasteiger partial charge in [-0.1, -0.05) is 11.3 Å². The number of Topliss-reactive ketones (excluding diaryl/α,β-unsaturated/α-hetero) is 1. The second-order valence-corrected chi connectivity index (χ2v) is 11.2. The molecular weight excluding hydrogens is 572 g/mol. The molecule has 4 aromatic rings. The maximum atomic E-state index is 13.8. The minimum atomic E-state index is -1.05. The highest BCUT2D eigenvalue weighted by atomic mass is 32.1. The summed E-state index contributed by atoms with van der Waals surface area (Å²) in [6.45, 7) is 4.36. The first-order chi connectivity index (χ1) is 20.8. The molecule has 1 fully saturated rings. The van der Waals surface area contributed by atoms with Crippen LogP contribution >= 0.6 is 11.3 Å². The number of carbonyl (C=O) groups is 2. The summed E-state index contributed by atoms with van der Waals surface area (Å²) in [7, 11) is 4.45. The molecule has 222 valence electrons. The summed E-state index contributed by atoms with van der Waals surface area (Å²) >= 11 is 1.25. The number of nitrogens with zero attached hydrogens (tertiary/aromatic N) is 2. The number of benzene rings is 3. The zero-order valence-electron chi connectivity index (χ0n) is 24.3. The number of carbonyl (C=O) groups excluding carboxylic acids is 2. The third-order valence-corrected chi connectivity index (χ3v) is 8.50. The van der Waals surface area contributed by atoms with Crippen molar-refractivity contribution in [1.29, 1.82) is 0 Å². The monoisotopic (exact) mass is 602 g/mol. The fourth-order valence-electron chi connectivity index (χ4n) is 5.58. The van der Waals surface area contributed by atoms with Gasteiger partial charge < -0.3 is 28.8 Å². The molecule has 2 aliphatic rings. The number of methoxy groups -OCH3 is 3. The molecule has 1 amide bonds. The molecule has 6 rings (SSSR count). The Kier molecular flexibility index (Phi) is 7.35. The lowest BCUT2D eigenvalue weighted by molar-refractivity contribution is -0.132. The van der Waals surface area contributed by atoms with Gasteiger partial charge in [0.2, 0.25) is 5.75 Å². The average Bonchev–Trinajstić information content (AvgIpc) is 3.67. The summed E-state index contributed by atoms with van der Waals surface area (Å²) in [5.74, 6) is 0.449. The van der Waals surface area contributed by atoms with E-state index in [0.717, 1.165) is 16.0 Å². The van der Waals surface area contributed by atoms with E-state index in [2.05, 4.69) is 0 Å². The maximum Gasteiger partial charge on any atom is 0.301 e. The van der Waals surface area contributed by atoms with Gasteiger partial charge in [-0.3, -0.25) is 14.5 Å². The number of ketones is 1. The quantitative estimate of drug-likeness (QED) is 0.155. The van der Waals surface area contributed by atoms with Crippen molar-refractivity contribution in [2.75, 3.05) is 32.8 Å². The predicted octanol–water partition coefficient (Wildman–Crippen LogP) is 5.67. The molecule has 3 aromatic carbocycles. The number of fused-ring (bicyclic) bond motifs is 2. The van der Waals surface area contributed by atoms with Crippen molar-refractivity contribution in [3.05, 3.63) is 70.8 Å². The van der Waals surface area contributed by atoms with Crippen LogP contribution in [-0.2, 0) is 16.0 Å². The van der Waals surface area contributed by atoms with Gasteiger partial charge in [-0.05, 0) is 73.5 Å². The average molecular weight is 603 g/mol. The van der Waals surface area contributed by atoms with Crippen LogP contribution < -0.4 is 28.6 Å². The van der Waals surface area contributed by atoms with E-state index in [1.54, 1.807) is 42.5 Å². The van der Waals surface area contributed by atoms with Crippen molar-refractivity contribution in [3.8, 4) is 28.7 Å². The van der Waals surface area contributed by atoms with Gasteiger partial charge in [0, 0.05) is 12.0 Å². The first kappa shape index (κ1) is 28.4. The Labute approximate surface area is 252 Å². The molecule has 0 saturated carbocycles. The minimum Gasteiger partial charge on any atom is -0.507 e. The van der Waals surface area contributed by atoms with E-state index in [1.165, 1.54) is 37.6 Å². The highest BCUT2D eigenvalue weighted by Crippen LogP contribution is 2.48. The maximum absolute atomic E-state index is 13.8. The zero-order chi connectivity index (χ0) is 30.4. The molecule has 0 bridgehead atoms. The summed E-state index contributed by atoms with van der Waals surface area (Å²) in [5.41, 5.74) is 2.33. The fraction of sp³-hybridized carbons (Fsp3) is 0.281. The number of thiazole rings is 1. The van der Waals surface area contributed by atoms with Gasteiger partial charge in [0.1, 0.15) is 23.4 Å². The molecule has 2 atom stereocenters. The third kappa shape index (κ3) is 4.79. The van der Waals surface area contributed by atoms with Crippen molar-refractivity contribution < 1.29 is 38.4 Å². The minimum absolute atomic E-state index is 0.000479. The Morgan fingerprint density at radius 2 is 1.79 bits per heavy atom. The highest BCUT2D eigenvalue weighted by Gasteiger charge is 2.49. The van der Waals surface area contributed by atoms with E-state index < -0.39 is 17.7 Å². The number of rotatable bonds is 8. The molecule has 43 heavy (non-hydrogen) atoms. The number of hydrogen-bond donors (Lipinski definition) is 1. The van der Waals surface area contributed by atoms with Gasteiger partial charge in [-0.15, -0.1) is 0 Å². The van der Waals surface area contributed by atoms with Crippen LogP contribution in [0.5, 0.6) is 28.7 Å². The molecular formula is C32H30N2O8S. The number of hydrogen-bond acceptors (Lipinski definition) is 10. The molecule has 1 N–H and O–H groups in total. The molecule has 3 heterocycles. The van der Waals surface area contributed by atoms with Crippen LogP contribution in [-0.4, -0.2) is 55.8 Å². The van der Waals surface area contributed by atoms with Gasteiger partial charge in [0.15, 0.2) is 16.6 Å². The van der Waals surface area contributed by atoms with Crippen LogP contribution in [0.15, 0.2) is 54.1 Å². The second kappa shape index (κ2) is 11.1. The van der Waals surface area contributed by atoms with Crippen LogP contribution in [0.1, 0.15) is 36.6 Å². The molecule has 11 heteroatoms. The van der Waals surface area contributed by atoms with Crippen LogP contribution in [0.3, 0.4) is 0 Å². The zero-order valence-corrected chi connectivity index (χ0v) is 25.1. The molecule has 0 spiro atoms. The topological polar surface area (TPSA) is 117 Å². The van der Waals surface area contributed by atoms with Crippen molar-refractivity contribution >= 4 is 44.1 Å². The predicted molar refractivity (Wildman–Crippen MR) is 162 cm³/mol. The van der Waals surface area contributed by atoms with E-state index >= 15 is 0 Å². The lowest BCUT2D eigenvalue weighted by Gasteiger charge is -2.24. The van der Waals surface area contributed by atoms with Gasteiger partial charge in [-0.25, -0.2) is 4.98 Å². The molecule has 0 aliphatic carbocycles. The smallest absolute Gasteiger partial charge is 0.301 e. The van der Waals surface area contributed by atoms with E-state index in [0.29, 0.717) is 57.8 Å². The summed E-state index contributed by atoms with van der Waals surface area (Å²) in [4.78, 5) is 33.6. The van der Waals surface area contributed by atoms with E-state index in [9.17, 15) is 14.7 Å². The van der Waals surface area contributed by atoms with Crippen LogP contribution in [0, 0.1) is 0 Å². The summed E-state index contributed by atoms with van der Waals surface area (Å²) in [6.07, 6.45) is 0.663. The van der Waals surface area contributed by atoms with Crippen molar-refractivity contribution in [2.24, 2.45) is 0 Å². The Balaban J connectivity index is 1.56. The summed E-state index contributed by atoms with van der Waals surface area (Å²) < 4.78 is 28.9. The summed E-state index contributed by atoms with van der Waals surface area (Å²) in [6, 6.07) is 13.0. The Morgan fingerprint density at radius 1 is 1.05 bits per heavy atom. The van der Waals surface area contributed by atoms with E-state index in [1.807, 2.05) is 19.9 Å².